The van der Waals surface area contributed by atoms with E-state index < -0.39 is 0 Å². The number of ether oxygens (including phenoxy) is 1. The van der Waals surface area contributed by atoms with Crippen molar-refractivity contribution < 1.29 is 4.74 Å². The molecule has 5 nitrogen and oxygen atoms in total. The van der Waals surface area contributed by atoms with Gasteiger partial charge in [-0.2, -0.15) is 15.0 Å². The molecule has 0 amide bonds. The minimum absolute atomic E-state index is 0.0685. The Morgan fingerprint density at radius 1 is 1.14 bits per heavy atom. The number of benzene rings is 1. The molecule has 1 aromatic heterocycles. The Balaban J connectivity index is 2.30. The number of nitrogens with one attached hydrogen (secondary N) is 1. The molecule has 1 heterocycles. The summed E-state index contributed by atoms with van der Waals surface area (Å²) in [6.07, 6.45) is 1.92. The van der Waals surface area contributed by atoms with Crippen molar-refractivity contribution in [3.8, 4) is 11.8 Å². The lowest BCUT2D eigenvalue weighted by Crippen LogP contribution is -2.10. The van der Waals surface area contributed by atoms with E-state index in [2.05, 4.69) is 47.1 Å². The molecule has 0 aliphatic heterocycles. The first-order valence-corrected chi connectivity index (χ1v) is 7.91. The van der Waals surface area contributed by atoms with E-state index in [-0.39, 0.29) is 5.41 Å². The third-order valence-corrected chi connectivity index (χ3v) is 3.46. The Labute approximate surface area is 129 Å². The Hall–Kier alpha value is -1.82. The van der Waals surface area contributed by atoms with Crippen LogP contribution in [0.5, 0.6) is 11.8 Å². The summed E-state index contributed by atoms with van der Waals surface area (Å²) in [6, 6.07) is 8.28. The van der Waals surface area contributed by atoms with Gasteiger partial charge in [0.15, 0.2) is 5.16 Å². The molecule has 0 bridgehead atoms. The zero-order valence-electron chi connectivity index (χ0n) is 13.0. The van der Waals surface area contributed by atoms with Gasteiger partial charge in [-0.15, -0.1) is 0 Å². The van der Waals surface area contributed by atoms with Crippen LogP contribution in [0.2, 0.25) is 0 Å². The Morgan fingerprint density at radius 3 is 2.52 bits per heavy atom. The summed E-state index contributed by atoms with van der Waals surface area (Å²) in [5, 5.41) is 3.53. The van der Waals surface area contributed by atoms with E-state index in [1.165, 1.54) is 17.3 Å². The monoisotopic (exact) mass is 304 g/mol. The van der Waals surface area contributed by atoms with Crippen molar-refractivity contribution >= 4 is 17.7 Å². The van der Waals surface area contributed by atoms with E-state index >= 15 is 0 Å². The maximum atomic E-state index is 5.78. The first-order chi connectivity index (χ1) is 9.92. The van der Waals surface area contributed by atoms with Gasteiger partial charge in [-0.1, -0.05) is 44.7 Å². The van der Waals surface area contributed by atoms with Crippen LogP contribution in [0.25, 0.3) is 0 Å². The van der Waals surface area contributed by atoms with Gasteiger partial charge in [0.1, 0.15) is 5.75 Å². The van der Waals surface area contributed by atoms with E-state index in [9.17, 15) is 0 Å². The van der Waals surface area contributed by atoms with Crippen LogP contribution < -0.4 is 10.1 Å². The van der Waals surface area contributed by atoms with Gasteiger partial charge in [0.25, 0.3) is 0 Å². The second-order valence-corrected chi connectivity index (χ2v) is 6.33. The molecule has 0 radical (unpaired) electrons. The van der Waals surface area contributed by atoms with E-state index in [1.54, 1.807) is 7.05 Å². The van der Waals surface area contributed by atoms with Crippen LogP contribution in [0, 0.1) is 0 Å². The molecule has 0 unspecified atom stereocenters. The molecule has 21 heavy (non-hydrogen) atoms. The maximum Gasteiger partial charge on any atom is 0.327 e. The SMILES string of the molecule is CNc1nc(Oc2cccc(C(C)(C)C)c2)nc(SC)n1. The van der Waals surface area contributed by atoms with Crippen molar-refractivity contribution in [3.05, 3.63) is 29.8 Å². The maximum absolute atomic E-state index is 5.78. The van der Waals surface area contributed by atoms with E-state index in [0.717, 1.165) is 5.75 Å². The number of aromatic nitrogens is 3. The number of hydrogen-bond acceptors (Lipinski definition) is 6. The molecule has 0 aliphatic rings. The molecule has 2 aromatic rings. The van der Waals surface area contributed by atoms with E-state index in [1.807, 2.05) is 24.5 Å². The predicted octanol–water partition coefficient (Wildman–Crippen LogP) is 3.73. The second-order valence-electron chi connectivity index (χ2n) is 5.56. The van der Waals surface area contributed by atoms with Crippen LogP contribution in [0.4, 0.5) is 5.95 Å². The second kappa shape index (κ2) is 6.30. The third kappa shape index (κ3) is 4.07. The predicted molar refractivity (Wildman–Crippen MR) is 86.4 cm³/mol. The largest absolute Gasteiger partial charge is 0.424 e. The molecule has 6 heteroatoms. The summed E-state index contributed by atoms with van der Waals surface area (Å²) in [5.41, 5.74) is 1.27. The molecular weight excluding hydrogens is 284 g/mol. The van der Waals surface area contributed by atoms with Gasteiger partial charge in [0.2, 0.25) is 5.95 Å². The lowest BCUT2D eigenvalue weighted by molar-refractivity contribution is 0.431. The van der Waals surface area contributed by atoms with Gasteiger partial charge >= 0.3 is 6.01 Å². The molecular formula is C15H20N4OS. The molecule has 0 atom stereocenters. The fraction of sp³-hybridized carbons (Fsp3) is 0.400. The molecule has 1 N–H and O–H groups in total. The van der Waals surface area contributed by atoms with E-state index in [0.29, 0.717) is 17.1 Å². The van der Waals surface area contributed by atoms with Crippen LogP contribution >= 0.6 is 11.8 Å². The van der Waals surface area contributed by atoms with Crippen molar-refractivity contribution in [2.75, 3.05) is 18.6 Å². The first kappa shape index (κ1) is 15.6. The average molecular weight is 304 g/mol. The smallest absolute Gasteiger partial charge is 0.327 e. The Morgan fingerprint density at radius 2 is 1.90 bits per heavy atom. The zero-order valence-corrected chi connectivity index (χ0v) is 13.8. The molecule has 0 saturated carbocycles. The van der Waals surface area contributed by atoms with E-state index in [4.69, 9.17) is 4.74 Å². The van der Waals surface area contributed by atoms with Crippen LogP contribution in [-0.4, -0.2) is 28.3 Å². The summed E-state index contributed by atoms with van der Waals surface area (Å²) in [5.74, 6) is 1.22. The van der Waals surface area contributed by atoms with Crippen molar-refractivity contribution in [2.24, 2.45) is 0 Å². The summed E-state index contributed by atoms with van der Waals surface area (Å²) in [4.78, 5) is 12.7. The van der Waals surface area contributed by atoms with Crippen LogP contribution in [-0.2, 0) is 5.41 Å². The van der Waals surface area contributed by atoms with Crippen molar-refractivity contribution in [1.29, 1.82) is 0 Å². The van der Waals surface area contributed by atoms with Gasteiger partial charge in [-0.25, -0.2) is 0 Å². The Kier molecular flexibility index (Phi) is 4.67. The molecule has 2 rings (SSSR count). The minimum atomic E-state index is 0.0685. The zero-order chi connectivity index (χ0) is 15.5. The number of anilines is 1. The number of hydrogen-bond donors (Lipinski definition) is 1. The fourth-order valence-electron chi connectivity index (χ4n) is 1.72. The lowest BCUT2D eigenvalue weighted by atomic mass is 9.87. The number of nitrogens with zero attached hydrogens (tertiary/aromatic N) is 3. The summed E-state index contributed by atoms with van der Waals surface area (Å²) < 4.78 is 5.78. The standard InChI is InChI=1S/C15H20N4OS/c1-15(2,3)10-7-6-8-11(9-10)20-13-17-12(16-4)18-14(19-13)21-5/h6-9H,1-5H3,(H,16,17,18,19). The summed E-state index contributed by atoms with van der Waals surface area (Å²) >= 11 is 1.45. The van der Waals surface area contributed by atoms with Crippen LogP contribution in [0.15, 0.2) is 29.4 Å². The van der Waals surface area contributed by atoms with Gasteiger partial charge in [0, 0.05) is 7.05 Å². The molecule has 0 aliphatic carbocycles. The van der Waals surface area contributed by atoms with Crippen LogP contribution in [0.1, 0.15) is 26.3 Å². The summed E-state index contributed by atoms with van der Waals surface area (Å²) in [7, 11) is 1.77. The quantitative estimate of drug-likeness (QED) is 0.869. The van der Waals surface area contributed by atoms with Gasteiger partial charge in [-0.05, 0) is 29.4 Å². The van der Waals surface area contributed by atoms with Gasteiger partial charge in [0.05, 0.1) is 0 Å². The number of rotatable bonds is 4. The van der Waals surface area contributed by atoms with Crippen molar-refractivity contribution in [3.63, 3.8) is 0 Å². The minimum Gasteiger partial charge on any atom is -0.424 e. The van der Waals surface area contributed by atoms with Crippen molar-refractivity contribution in [2.45, 2.75) is 31.3 Å². The fourth-order valence-corrected chi connectivity index (χ4v) is 2.07. The normalized spacial score (nSPS) is 11.3. The first-order valence-electron chi connectivity index (χ1n) is 6.68. The van der Waals surface area contributed by atoms with Gasteiger partial charge in [-0.3, -0.25) is 0 Å². The molecule has 112 valence electrons. The highest BCUT2D eigenvalue weighted by atomic mass is 32.2. The highest BCUT2D eigenvalue weighted by Crippen LogP contribution is 2.28. The van der Waals surface area contributed by atoms with Crippen molar-refractivity contribution in [1.82, 2.24) is 15.0 Å². The van der Waals surface area contributed by atoms with Gasteiger partial charge < -0.3 is 10.1 Å². The highest BCUT2D eigenvalue weighted by Gasteiger charge is 2.15. The summed E-state index contributed by atoms with van der Waals surface area (Å²) in [6.45, 7) is 6.50. The number of thioether (sulfide) groups is 1. The third-order valence-electron chi connectivity index (χ3n) is 2.91. The lowest BCUT2D eigenvalue weighted by Gasteiger charge is -2.19. The average Bonchev–Trinajstić information content (AvgIpc) is 2.46. The molecule has 0 spiro atoms. The van der Waals surface area contributed by atoms with Crippen LogP contribution in [0.3, 0.4) is 0 Å². The molecule has 0 fully saturated rings. The molecule has 0 saturated heterocycles. The Bertz CT molecular complexity index is 603. The highest BCUT2D eigenvalue weighted by molar-refractivity contribution is 7.98. The topological polar surface area (TPSA) is 59.9 Å². The molecule has 1 aromatic carbocycles.